The Morgan fingerprint density at radius 3 is 1.96 bits per heavy atom. The van der Waals surface area contributed by atoms with Crippen LogP contribution in [0, 0.1) is 0 Å². The second-order valence-electron chi connectivity index (χ2n) is 3.73. The van der Waals surface area contributed by atoms with Crippen LogP contribution in [0.5, 0.6) is 0 Å². The van der Waals surface area contributed by atoms with Crippen molar-refractivity contribution in [3.05, 3.63) is 60.9 Å². The van der Waals surface area contributed by atoms with Crippen molar-refractivity contribution in [1.82, 2.24) is 9.97 Å². The molecule has 1 unspecified atom stereocenters. The first-order valence-electron chi connectivity index (χ1n) is 8.03. The molecule has 124 valence electrons. The lowest BCUT2D eigenvalue weighted by Crippen LogP contribution is -1.95. The van der Waals surface area contributed by atoms with Gasteiger partial charge in [0, 0.05) is 11.1 Å². The van der Waals surface area contributed by atoms with Crippen LogP contribution in [0.2, 0.25) is 0 Å². The first kappa shape index (κ1) is 21.0. The number of rotatable bonds is 2. The Bertz CT molecular complexity index is 637. The number of benzene rings is 2. The standard InChI is InChI=1S/C14H11N3.2C2H6.CH5P/c1-2-6-11(7-3-1)17-14-12-8-4-5-9-13(12)15-10-16-14;3*1-2/h1-10H,(H,15,16,17);2*1-2H3;2H2,1H3. The van der Waals surface area contributed by atoms with E-state index >= 15 is 0 Å². The molecule has 1 heterocycles. The lowest BCUT2D eigenvalue weighted by Gasteiger charge is -2.07. The van der Waals surface area contributed by atoms with Crippen LogP contribution in [0.4, 0.5) is 11.5 Å². The quantitative estimate of drug-likeness (QED) is 0.593. The van der Waals surface area contributed by atoms with Gasteiger partial charge in [0.2, 0.25) is 0 Å². The Labute approximate surface area is 142 Å². The van der Waals surface area contributed by atoms with E-state index in [0.29, 0.717) is 0 Å². The molecular formula is C19H28N3P. The largest absolute Gasteiger partial charge is 0.340 e. The van der Waals surface area contributed by atoms with E-state index in [4.69, 9.17) is 0 Å². The average molecular weight is 329 g/mol. The second-order valence-corrected chi connectivity index (χ2v) is 3.73. The van der Waals surface area contributed by atoms with E-state index in [1.165, 1.54) is 0 Å². The number of aromatic nitrogens is 2. The molecule has 0 saturated carbocycles. The van der Waals surface area contributed by atoms with Crippen molar-refractivity contribution in [2.24, 2.45) is 0 Å². The third kappa shape index (κ3) is 6.75. The maximum absolute atomic E-state index is 4.28. The van der Waals surface area contributed by atoms with Crippen LogP contribution in [0.3, 0.4) is 0 Å². The summed E-state index contributed by atoms with van der Waals surface area (Å²) in [5.74, 6) is 0.835. The summed E-state index contributed by atoms with van der Waals surface area (Å²) in [7, 11) is 2.42. The highest BCUT2D eigenvalue weighted by Gasteiger charge is 2.02. The summed E-state index contributed by atoms with van der Waals surface area (Å²) < 4.78 is 0. The summed E-state index contributed by atoms with van der Waals surface area (Å²) in [5.41, 5.74) is 1.97. The SMILES string of the molecule is CC.CC.CP.c1ccc(Nc2ncnc3ccccc23)cc1. The van der Waals surface area contributed by atoms with Gasteiger partial charge in [0.05, 0.1) is 5.52 Å². The zero-order chi connectivity index (χ0) is 17.5. The number of nitrogens with zero attached hydrogens (tertiary/aromatic N) is 2. The summed E-state index contributed by atoms with van der Waals surface area (Å²) in [6.45, 7) is 9.92. The lowest BCUT2D eigenvalue weighted by molar-refractivity contribution is 1.22. The normalized spacial score (nSPS) is 8.43. The molecule has 1 atom stereocenters. The number of hydrogen-bond acceptors (Lipinski definition) is 3. The third-order valence-corrected chi connectivity index (χ3v) is 2.58. The van der Waals surface area contributed by atoms with E-state index in [-0.39, 0.29) is 0 Å². The molecule has 0 bridgehead atoms. The molecule has 0 spiro atoms. The Kier molecular flexibility index (Phi) is 12.5. The molecule has 4 heteroatoms. The highest BCUT2D eigenvalue weighted by atomic mass is 31.0. The number of fused-ring (bicyclic) bond motifs is 1. The predicted octanol–water partition coefficient (Wildman–Crippen LogP) is 5.92. The van der Waals surface area contributed by atoms with Crippen molar-refractivity contribution in [2.75, 3.05) is 12.0 Å². The van der Waals surface area contributed by atoms with Crippen molar-refractivity contribution in [3.63, 3.8) is 0 Å². The van der Waals surface area contributed by atoms with Crippen LogP contribution in [-0.4, -0.2) is 16.6 Å². The maximum Gasteiger partial charge on any atom is 0.141 e. The van der Waals surface area contributed by atoms with Crippen LogP contribution >= 0.6 is 9.24 Å². The summed E-state index contributed by atoms with van der Waals surface area (Å²) in [6, 6.07) is 18.0. The highest BCUT2D eigenvalue weighted by Crippen LogP contribution is 2.21. The molecule has 1 aromatic heterocycles. The van der Waals surface area contributed by atoms with Gasteiger partial charge < -0.3 is 5.32 Å². The van der Waals surface area contributed by atoms with Gasteiger partial charge in [-0.25, -0.2) is 9.97 Å². The van der Waals surface area contributed by atoms with Crippen LogP contribution in [0.25, 0.3) is 10.9 Å². The fourth-order valence-electron chi connectivity index (χ4n) is 1.76. The molecule has 0 saturated heterocycles. The zero-order valence-electron chi connectivity index (χ0n) is 14.7. The second kappa shape index (κ2) is 13.7. The third-order valence-electron chi connectivity index (χ3n) is 2.58. The molecular weight excluding hydrogens is 301 g/mol. The summed E-state index contributed by atoms with van der Waals surface area (Å²) in [6.07, 6.45) is 1.58. The summed E-state index contributed by atoms with van der Waals surface area (Å²) in [4.78, 5) is 8.51. The fraction of sp³-hybridized carbons (Fsp3) is 0.263. The number of para-hydroxylation sites is 2. The molecule has 0 radical (unpaired) electrons. The summed E-state index contributed by atoms with van der Waals surface area (Å²) >= 11 is 0. The van der Waals surface area contributed by atoms with E-state index < -0.39 is 0 Å². The van der Waals surface area contributed by atoms with Gasteiger partial charge in [-0.3, -0.25) is 0 Å². The highest BCUT2D eigenvalue weighted by molar-refractivity contribution is 7.15. The van der Waals surface area contributed by atoms with Gasteiger partial charge in [0.25, 0.3) is 0 Å². The Morgan fingerprint density at radius 1 is 0.739 bits per heavy atom. The van der Waals surface area contributed by atoms with Crippen LogP contribution in [-0.2, 0) is 0 Å². The lowest BCUT2D eigenvalue weighted by atomic mass is 10.2. The van der Waals surface area contributed by atoms with Crippen LogP contribution in [0.1, 0.15) is 27.7 Å². The molecule has 3 nitrogen and oxygen atoms in total. The zero-order valence-corrected chi connectivity index (χ0v) is 15.9. The van der Waals surface area contributed by atoms with Gasteiger partial charge in [0.1, 0.15) is 12.1 Å². The topological polar surface area (TPSA) is 37.8 Å². The molecule has 1 N–H and O–H groups in total. The monoisotopic (exact) mass is 329 g/mol. The molecule has 0 aliphatic rings. The molecule has 23 heavy (non-hydrogen) atoms. The molecule has 3 aromatic rings. The molecule has 3 rings (SSSR count). The van der Waals surface area contributed by atoms with Crippen molar-refractivity contribution in [3.8, 4) is 0 Å². The molecule has 0 aliphatic carbocycles. The van der Waals surface area contributed by atoms with Gasteiger partial charge in [-0.1, -0.05) is 64.7 Å². The van der Waals surface area contributed by atoms with Crippen LogP contribution in [0.15, 0.2) is 60.9 Å². The van der Waals surface area contributed by atoms with Gasteiger partial charge in [0.15, 0.2) is 0 Å². The maximum atomic E-state index is 4.28. The fourth-order valence-corrected chi connectivity index (χ4v) is 1.76. The van der Waals surface area contributed by atoms with Gasteiger partial charge in [-0.2, -0.15) is 0 Å². The van der Waals surface area contributed by atoms with Gasteiger partial charge in [-0.05, 0) is 24.3 Å². The van der Waals surface area contributed by atoms with Crippen molar-refractivity contribution >= 4 is 31.6 Å². The first-order chi connectivity index (χ1) is 11.4. The van der Waals surface area contributed by atoms with E-state index in [0.717, 1.165) is 22.4 Å². The van der Waals surface area contributed by atoms with Crippen molar-refractivity contribution < 1.29 is 0 Å². The molecule has 0 aliphatic heterocycles. The molecule has 0 fully saturated rings. The molecule has 0 amide bonds. The van der Waals surface area contributed by atoms with Gasteiger partial charge >= 0.3 is 0 Å². The summed E-state index contributed by atoms with van der Waals surface area (Å²) in [5, 5.41) is 4.32. The predicted molar refractivity (Wildman–Crippen MR) is 108 cm³/mol. The minimum absolute atomic E-state index is 0.835. The first-order valence-corrected chi connectivity index (χ1v) is 9.18. The van der Waals surface area contributed by atoms with Crippen molar-refractivity contribution in [2.45, 2.75) is 27.7 Å². The van der Waals surface area contributed by atoms with Gasteiger partial charge in [-0.15, -0.1) is 9.24 Å². The van der Waals surface area contributed by atoms with E-state index in [2.05, 4.69) is 24.5 Å². The van der Waals surface area contributed by atoms with E-state index in [9.17, 15) is 0 Å². The molecule has 2 aromatic carbocycles. The van der Waals surface area contributed by atoms with Crippen LogP contribution < -0.4 is 5.32 Å². The Morgan fingerprint density at radius 2 is 1.30 bits per heavy atom. The number of anilines is 2. The number of hydrogen-bond donors (Lipinski definition) is 1. The smallest absolute Gasteiger partial charge is 0.141 e. The average Bonchev–Trinajstić information content (AvgIpc) is 2.68. The van der Waals surface area contributed by atoms with E-state index in [1.807, 2.05) is 89.0 Å². The number of nitrogens with one attached hydrogen (secondary N) is 1. The van der Waals surface area contributed by atoms with Crippen molar-refractivity contribution in [1.29, 1.82) is 0 Å². The minimum Gasteiger partial charge on any atom is -0.340 e. The minimum atomic E-state index is 0.835. The Hall–Kier alpha value is -1.99. The Balaban J connectivity index is 0.000000728. The van der Waals surface area contributed by atoms with E-state index in [1.54, 1.807) is 6.33 Å².